The molecule has 118 valence electrons. The van der Waals surface area contributed by atoms with Crippen LogP contribution in [0.1, 0.15) is 58.3 Å². The standard InChI is InChI=1S/C15H30N2O2S/c1-2-10-17-11-8-15(9-12-17)16-20(18,19)13-14-6-4-3-5-7-14/h14-16H,2-13H2,1H3. The van der Waals surface area contributed by atoms with Gasteiger partial charge in [0.1, 0.15) is 0 Å². The third-order valence-corrected chi connectivity index (χ3v) is 6.26. The van der Waals surface area contributed by atoms with Crippen LogP contribution in [0.4, 0.5) is 0 Å². The van der Waals surface area contributed by atoms with E-state index in [-0.39, 0.29) is 6.04 Å². The van der Waals surface area contributed by atoms with Gasteiger partial charge in [0.05, 0.1) is 5.75 Å². The average Bonchev–Trinajstić information content (AvgIpc) is 2.41. The van der Waals surface area contributed by atoms with Gasteiger partial charge < -0.3 is 4.90 Å². The lowest BCUT2D eigenvalue weighted by molar-refractivity contribution is 0.207. The Morgan fingerprint density at radius 2 is 1.70 bits per heavy atom. The highest BCUT2D eigenvalue weighted by Crippen LogP contribution is 2.25. The van der Waals surface area contributed by atoms with Crippen LogP contribution in [0, 0.1) is 5.92 Å². The highest BCUT2D eigenvalue weighted by atomic mass is 32.2. The molecule has 0 bridgehead atoms. The first-order valence-corrected chi connectivity index (χ1v) is 9.96. The Morgan fingerprint density at radius 3 is 2.30 bits per heavy atom. The molecule has 1 N–H and O–H groups in total. The molecule has 0 aromatic carbocycles. The normalized spacial score (nSPS) is 24.1. The van der Waals surface area contributed by atoms with E-state index in [1.54, 1.807) is 0 Å². The molecule has 0 atom stereocenters. The second-order valence-electron chi connectivity index (χ2n) is 6.52. The lowest BCUT2D eigenvalue weighted by atomic mass is 9.91. The summed E-state index contributed by atoms with van der Waals surface area (Å²) in [7, 11) is -3.08. The van der Waals surface area contributed by atoms with E-state index in [1.807, 2.05) is 0 Å². The van der Waals surface area contributed by atoms with Crippen LogP contribution in [-0.2, 0) is 10.0 Å². The zero-order chi connectivity index (χ0) is 14.4. The Balaban J connectivity index is 1.74. The van der Waals surface area contributed by atoms with E-state index < -0.39 is 10.0 Å². The zero-order valence-corrected chi connectivity index (χ0v) is 13.6. The van der Waals surface area contributed by atoms with Crippen LogP contribution in [0.5, 0.6) is 0 Å². The molecule has 1 aliphatic heterocycles. The van der Waals surface area contributed by atoms with Crippen LogP contribution in [0.2, 0.25) is 0 Å². The second-order valence-corrected chi connectivity index (χ2v) is 8.32. The van der Waals surface area contributed by atoms with E-state index in [2.05, 4.69) is 16.5 Å². The Bertz CT molecular complexity index is 369. The monoisotopic (exact) mass is 302 g/mol. The van der Waals surface area contributed by atoms with Crippen molar-refractivity contribution in [2.75, 3.05) is 25.4 Å². The lowest BCUT2D eigenvalue weighted by Crippen LogP contribution is -2.46. The predicted molar refractivity (Wildman–Crippen MR) is 83.3 cm³/mol. The number of piperidine rings is 1. The summed E-state index contributed by atoms with van der Waals surface area (Å²) in [6, 6.07) is 0.164. The summed E-state index contributed by atoms with van der Waals surface area (Å²) in [5.41, 5.74) is 0. The van der Waals surface area contributed by atoms with Crippen molar-refractivity contribution in [1.29, 1.82) is 0 Å². The third-order valence-electron chi connectivity index (χ3n) is 4.65. The molecule has 20 heavy (non-hydrogen) atoms. The lowest BCUT2D eigenvalue weighted by Gasteiger charge is -2.32. The maximum absolute atomic E-state index is 12.2. The fraction of sp³-hybridized carbons (Fsp3) is 1.00. The van der Waals surface area contributed by atoms with Gasteiger partial charge in [0.2, 0.25) is 10.0 Å². The second kappa shape index (κ2) is 7.76. The summed E-state index contributed by atoms with van der Waals surface area (Å²) < 4.78 is 27.4. The maximum atomic E-state index is 12.2. The smallest absolute Gasteiger partial charge is 0.212 e. The van der Waals surface area contributed by atoms with E-state index in [9.17, 15) is 8.42 Å². The van der Waals surface area contributed by atoms with Gasteiger partial charge in [0.25, 0.3) is 0 Å². The minimum Gasteiger partial charge on any atom is -0.303 e. The quantitative estimate of drug-likeness (QED) is 0.819. The van der Waals surface area contributed by atoms with Crippen LogP contribution < -0.4 is 4.72 Å². The van der Waals surface area contributed by atoms with E-state index in [0.29, 0.717) is 11.7 Å². The fourth-order valence-corrected chi connectivity index (χ4v) is 5.35. The molecule has 0 amide bonds. The molecule has 2 fully saturated rings. The minimum absolute atomic E-state index is 0.164. The largest absolute Gasteiger partial charge is 0.303 e. The molecule has 0 aromatic rings. The number of hydrogen-bond donors (Lipinski definition) is 1. The SMILES string of the molecule is CCCN1CCC(NS(=O)(=O)CC2CCCCC2)CC1. The van der Waals surface area contributed by atoms with Crippen LogP contribution in [0.25, 0.3) is 0 Å². The first-order valence-electron chi connectivity index (χ1n) is 8.31. The molecule has 0 aromatic heterocycles. The Kier molecular flexibility index (Phi) is 6.30. The molecule has 0 radical (unpaired) electrons. The molecule has 1 heterocycles. The van der Waals surface area contributed by atoms with Gasteiger partial charge in [0, 0.05) is 6.04 Å². The van der Waals surface area contributed by atoms with Crippen molar-refractivity contribution in [1.82, 2.24) is 9.62 Å². The topological polar surface area (TPSA) is 49.4 Å². The molecule has 0 unspecified atom stereocenters. The van der Waals surface area contributed by atoms with Crippen LogP contribution >= 0.6 is 0 Å². The molecule has 0 spiro atoms. The van der Waals surface area contributed by atoms with Crippen LogP contribution in [-0.4, -0.2) is 44.7 Å². The van der Waals surface area contributed by atoms with Gasteiger partial charge in [-0.05, 0) is 57.7 Å². The van der Waals surface area contributed by atoms with Crippen molar-refractivity contribution >= 4 is 10.0 Å². The van der Waals surface area contributed by atoms with Gasteiger partial charge >= 0.3 is 0 Å². The van der Waals surface area contributed by atoms with E-state index >= 15 is 0 Å². The first kappa shape index (κ1) is 16.2. The van der Waals surface area contributed by atoms with Gasteiger partial charge in [-0.1, -0.05) is 26.2 Å². The van der Waals surface area contributed by atoms with Crippen LogP contribution in [0.15, 0.2) is 0 Å². The predicted octanol–water partition coefficient (Wildman–Crippen LogP) is 2.36. The van der Waals surface area contributed by atoms with Crippen molar-refractivity contribution in [2.45, 2.75) is 64.3 Å². The molecule has 1 aliphatic carbocycles. The Labute approximate surface area is 124 Å². The highest BCUT2D eigenvalue weighted by Gasteiger charge is 2.26. The number of hydrogen-bond acceptors (Lipinski definition) is 3. The van der Waals surface area contributed by atoms with Gasteiger partial charge in [-0.25, -0.2) is 13.1 Å². The third kappa shape index (κ3) is 5.34. The van der Waals surface area contributed by atoms with E-state index in [0.717, 1.165) is 45.3 Å². The maximum Gasteiger partial charge on any atom is 0.212 e. The Hall–Kier alpha value is -0.130. The van der Waals surface area contributed by atoms with Gasteiger partial charge in [-0.2, -0.15) is 0 Å². The molecule has 1 saturated carbocycles. The fourth-order valence-electron chi connectivity index (χ4n) is 3.56. The van der Waals surface area contributed by atoms with E-state index in [4.69, 9.17) is 0 Å². The number of likely N-dealkylation sites (tertiary alicyclic amines) is 1. The zero-order valence-electron chi connectivity index (χ0n) is 12.8. The first-order chi connectivity index (χ1) is 9.59. The average molecular weight is 302 g/mol. The highest BCUT2D eigenvalue weighted by molar-refractivity contribution is 7.89. The van der Waals surface area contributed by atoms with E-state index in [1.165, 1.54) is 25.7 Å². The summed E-state index contributed by atoms with van der Waals surface area (Å²) in [6.07, 6.45) is 8.97. The molecular formula is C15H30N2O2S. The molecule has 1 saturated heterocycles. The molecular weight excluding hydrogens is 272 g/mol. The van der Waals surface area contributed by atoms with Crippen molar-refractivity contribution in [3.8, 4) is 0 Å². The van der Waals surface area contributed by atoms with Crippen LogP contribution in [0.3, 0.4) is 0 Å². The summed E-state index contributed by atoms with van der Waals surface area (Å²) in [5, 5.41) is 0. The Morgan fingerprint density at radius 1 is 1.05 bits per heavy atom. The minimum atomic E-state index is -3.08. The number of nitrogens with one attached hydrogen (secondary N) is 1. The van der Waals surface area contributed by atoms with Gasteiger partial charge in [-0.3, -0.25) is 0 Å². The van der Waals surface area contributed by atoms with Crippen molar-refractivity contribution < 1.29 is 8.42 Å². The van der Waals surface area contributed by atoms with Gasteiger partial charge in [-0.15, -0.1) is 0 Å². The summed E-state index contributed by atoms with van der Waals surface area (Å²) in [6.45, 7) is 5.40. The summed E-state index contributed by atoms with van der Waals surface area (Å²) >= 11 is 0. The summed E-state index contributed by atoms with van der Waals surface area (Å²) in [4.78, 5) is 2.44. The number of sulfonamides is 1. The number of rotatable bonds is 6. The molecule has 5 heteroatoms. The van der Waals surface area contributed by atoms with Crippen molar-refractivity contribution in [3.63, 3.8) is 0 Å². The van der Waals surface area contributed by atoms with Crippen molar-refractivity contribution in [2.24, 2.45) is 5.92 Å². The molecule has 2 aliphatic rings. The van der Waals surface area contributed by atoms with Gasteiger partial charge in [0.15, 0.2) is 0 Å². The summed E-state index contributed by atoms with van der Waals surface area (Å²) in [5.74, 6) is 0.740. The van der Waals surface area contributed by atoms with Crippen molar-refractivity contribution in [3.05, 3.63) is 0 Å². The molecule has 4 nitrogen and oxygen atoms in total. The number of nitrogens with zero attached hydrogens (tertiary/aromatic N) is 1. The molecule has 2 rings (SSSR count).